The molecule has 1 heterocycles. The van der Waals surface area contributed by atoms with E-state index in [0.29, 0.717) is 0 Å². The van der Waals surface area contributed by atoms with Crippen LogP contribution in [0.2, 0.25) is 0 Å². The summed E-state index contributed by atoms with van der Waals surface area (Å²) in [7, 11) is 1.65. The van der Waals surface area contributed by atoms with Crippen LogP contribution in [0.25, 0.3) is 5.70 Å². The van der Waals surface area contributed by atoms with Gasteiger partial charge >= 0.3 is 0 Å². The second-order valence-corrected chi connectivity index (χ2v) is 5.02. The summed E-state index contributed by atoms with van der Waals surface area (Å²) in [6.07, 6.45) is 7.22. The van der Waals surface area contributed by atoms with Gasteiger partial charge in [-0.2, -0.15) is 0 Å². The van der Waals surface area contributed by atoms with E-state index in [9.17, 15) is 0 Å². The standard InChI is InChI=1S/C15H20N2O/c1-18-16-15-8-5-12-11-13(6-7-14(12)15)17-9-3-2-4-10-17/h6-8,11,16H,2-5,9-10H2,1H3. The summed E-state index contributed by atoms with van der Waals surface area (Å²) in [4.78, 5) is 7.51. The maximum absolute atomic E-state index is 5.00. The highest BCUT2D eigenvalue weighted by atomic mass is 16.6. The maximum Gasteiger partial charge on any atom is 0.0643 e. The van der Waals surface area contributed by atoms with Crippen molar-refractivity contribution < 1.29 is 4.84 Å². The van der Waals surface area contributed by atoms with Crippen LogP contribution >= 0.6 is 0 Å². The molecule has 1 aromatic rings. The Balaban J connectivity index is 1.81. The van der Waals surface area contributed by atoms with E-state index in [4.69, 9.17) is 4.84 Å². The Kier molecular flexibility index (Phi) is 3.24. The molecule has 0 unspecified atom stereocenters. The first kappa shape index (κ1) is 11.6. The molecule has 0 saturated carbocycles. The third kappa shape index (κ3) is 2.10. The number of fused-ring (bicyclic) bond motifs is 1. The van der Waals surface area contributed by atoms with Crippen LogP contribution < -0.4 is 10.4 Å². The van der Waals surface area contributed by atoms with Gasteiger partial charge in [-0.3, -0.25) is 10.3 Å². The van der Waals surface area contributed by atoms with Crippen molar-refractivity contribution in [3.05, 3.63) is 35.4 Å². The highest BCUT2D eigenvalue weighted by molar-refractivity contribution is 5.73. The van der Waals surface area contributed by atoms with E-state index >= 15 is 0 Å². The van der Waals surface area contributed by atoms with E-state index in [1.54, 1.807) is 7.11 Å². The van der Waals surface area contributed by atoms with Crippen molar-refractivity contribution in [1.29, 1.82) is 0 Å². The van der Waals surface area contributed by atoms with Crippen LogP contribution in [0.4, 0.5) is 5.69 Å². The van der Waals surface area contributed by atoms with Crippen LogP contribution in [0.3, 0.4) is 0 Å². The van der Waals surface area contributed by atoms with Gasteiger partial charge in [-0.1, -0.05) is 12.1 Å². The summed E-state index contributed by atoms with van der Waals surface area (Å²) in [6, 6.07) is 6.78. The molecule has 3 rings (SSSR count). The van der Waals surface area contributed by atoms with Crippen molar-refractivity contribution in [2.24, 2.45) is 0 Å². The fourth-order valence-corrected chi connectivity index (χ4v) is 2.89. The molecule has 3 heteroatoms. The molecule has 0 atom stereocenters. The largest absolute Gasteiger partial charge is 0.372 e. The summed E-state index contributed by atoms with van der Waals surface area (Å²) in [6.45, 7) is 2.41. The van der Waals surface area contributed by atoms with Crippen LogP contribution in [0.15, 0.2) is 24.3 Å². The first-order chi connectivity index (χ1) is 8.88. The second-order valence-electron chi connectivity index (χ2n) is 5.02. The molecule has 1 aliphatic heterocycles. The molecular weight excluding hydrogens is 224 g/mol. The van der Waals surface area contributed by atoms with Gasteiger partial charge in [-0.15, -0.1) is 0 Å². The summed E-state index contributed by atoms with van der Waals surface area (Å²) < 4.78 is 0. The van der Waals surface area contributed by atoms with Gasteiger partial charge in [0.1, 0.15) is 0 Å². The lowest BCUT2D eigenvalue weighted by Crippen LogP contribution is -2.29. The molecule has 0 bridgehead atoms. The van der Waals surface area contributed by atoms with Gasteiger partial charge in [0.25, 0.3) is 0 Å². The minimum Gasteiger partial charge on any atom is -0.372 e. The van der Waals surface area contributed by atoms with Crippen molar-refractivity contribution in [3.8, 4) is 0 Å². The molecule has 1 fully saturated rings. The topological polar surface area (TPSA) is 24.5 Å². The third-order valence-corrected chi connectivity index (χ3v) is 3.84. The lowest BCUT2D eigenvalue weighted by atomic mass is 10.1. The van der Waals surface area contributed by atoms with Crippen LogP contribution in [0.1, 0.15) is 30.4 Å². The summed E-state index contributed by atoms with van der Waals surface area (Å²) in [5.74, 6) is 0. The lowest BCUT2D eigenvalue weighted by Gasteiger charge is -2.29. The first-order valence-corrected chi connectivity index (χ1v) is 6.76. The van der Waals surface area contributed by atoms with Crippen LogP contribution in [-0.2, 0) is 11.3 Å². The molecule has 1 aromatic carbocycles. The Morgan fingerprint density at radius 2 is 2.00 bits per heavy atom. The number of hydrogen-bond acceptors (Lipinski definition) is 3. The van der Waals surface area contributed by atoms with Gasteiger partial charge < -0.3 is 4.90 Å². The number of hydroxylamine groups is 1. The van der Waals surface area contributed by atoms with Gasteiger partial charge in [-0.05, 0) is 43.4 Å². The van der Waals surface area contributed by atoms with Gasteiger partial charge in [0.05, 0.1) is 12.8 Å². The number of rotatable bonds is 3. The maximum atomic E-state index is 5.00. The van der Waals surface area contributed by atoms with Crippen molar-refractivity contribution >= 4 is 11.4 Å². The Morgan fingerprint density at radius 1 is 1.17 bits per heavy atom. The predicted molar refractivity (Wildman–Crippen MR) is 74.3 cm³/mol. The molecular formula is C15H20N2O. The molecule has 1 N–H and O–H groups in total. The quantitative estimate of drug-likeness (QED) is 0.827. The van der Waals surface area contributed by atoms with E-state index in [1.165, 1.54) is 49.2 Å². The highest BCUT2D eigenvalue weighted by Crippen LogP contribution is 2.30. The molecule has 0 aromatic heterocycles. The molecule has 1 saturated heterocycles. The van der Waals surface area contributed by atoms with Gasteiger partial charge in [0.2, 0.25) is 0 Å². The number of anilines is 1. The summed E-state index contributed by atoms with van der Waals surface area (Å²) in [5.41, 5.74) is 8.09. The number of nitrogens with one attached hydrogen (secondary N) is 1. The monoisotopic (exact) mass is 244 g/mol. The number of piperidine rings is 1. The molecule has 0 spiro atoms. The Bertz CT molecular complexity index is 462. The third-order valence-electron chi connectivity index (χ3n) is 3.84. The van der Waals surface area contributed by atoms with E-state index in [1.807, 2.05) is 0 Å². The van der Waals surface area contributed by atoms with Crippen LogP contribution in [0, 0.1) is 0 Å². The van der Waals surface area contributed by atoms with Gasteiger partial charge in [0, 0.05) is 24.3 Å². The zero-order chi connectivity index (χ0) is 12.4. The van der Waals surface area contributed by atoms with E-state index in [0.717, 1.165) is 12.1 Å². The molecule has 0 amide bonds. The molecule has 0 radical (unpaired) electrons. The van der Waals surface area contributed by atoms with E-state index in [-0.39, 0.29) is 0 Å². The van der Waals surface area contributed by atoms with Crippen molar-refractivity contribution in [1.82, 2.24) is 5.48 Å². The van der Waals surface area contributed by atoms with E-state index in [2.05, 4.69) is 34.7 Å². The van der Waals surface area contributed by atoms with E-state index < -0.39 is 0 Å². The molecule has 2 aliphatic rings. The Hall–Kier alpha value is -1.48. The van der Waals surface area contributed by atoms with Crippen LogP contribution in [0.5, 0.6) is 0 Å². The van der Waals surface area contributed by atoms with Crippen molar-refractivity contribution in [3.63, 3.8) is 0 Å². The highest BCUT2D eigenvalue weighted by Gasteiger charge is 2.17. The number of nitrogens with zero attached hydrogens (tertiary/aromatic N) is 1. The Morgan fingerprint density at radius 3 is 2.78 bits per heavy atom. The number of hydrogen-bond donors (Lipinski definition) is 1. The Labute approximate surface area is 108 Å². The smallest absolute Gasteiger partial charge is 0.0643 e. The normalized spacial score (nSPS) is 18.5. The zero-order valence-electron chi connectivity index (χ0n) is 10.9. The number of allylic oxidation sites excluding steroid dienone is 1. The molecule has 18 heavy (non-hydrogen) atoms. The first-order valence-electron chi connectivity index (χ1n) is 6.76. The van der Waals surface area contributed by atoms with Gasteiger partial charge in [-0.25, -0.2) is 0 Å². The van der Waals surface area contributed by atoms with Gasteiger partial charge in [0.15, 0.2) is 0 Å². The van der Waals surface area contributed by atoms with Crippen LogP contribution in [-0.4, -0.2) is 20.2 Å². The number of benzene rings is 1. The predicted octanol–water partition coefficient (Wildman–Crippen LogP) is 2.72. The molecule has 3 nitrogen and oxygen atoms in total. The second kappa shape index (κ2) is 5.02. The average molecular weight is 244 g/mol. The average Bonchev–Trinajstić information content (AvgIpc) is 2.83. The van der Waals surface area contributed by atoms with Crippen molar-refractivity contribution in [2.75, 3.05) is 25.1 Å². The fourth-order valence-electron chi connectivity index (χ4n) is 2.89. The molecule has 1 aliphatic carbocycles. The summed E-state index contributed by atoms with van der Waals surface area (Å²) in [5, 5.41) is 0. The SMILES string of the molecule is CONC1=CCc2cc(N3CCCCC3)ccc21. The van der Waals surface area contributed by atoms with Crippen molar-refractivity contribution in [2.45, 2.75) is 25.7 Å². The summed E-state index contributed by atoms with van der Waals surface area (Å²) >= 11 is 0. The lowest BCUT2D eigenvalue weighted by molar-refractivity contribution is 0.137. The fraction of sp³-hybridized carbons (Fsp3) is 0.467. The minimum atomic E-state index is 1.00. The minimum absolute atomic E-state index is 1.00. The molecule has 96 valence electrons. The zero-order valence-corrected chi connectivity index (χ0v) is 10.9.